The first kappa shape index (κ1) is 10.6. The molecular formula is C9H12N2O3. The van der Waals surface area contributed by atoms with Gasteiger partial charge in [0.05, 0.1) is 17.7 Å². The van der Waals surface area contributed by atoms with Crippen molar-refractivity contribution in [3.63, 3.8) is 0 Å². The molecule has 0 radical (unpaired) electrons. The summed E-state index contributed by atoms with van der Waals surface area (Å²) in [6.07, 6.45) is 2.68. The summed E-state index contributed by atoms with van der Waals surface area (Å²) in [6, 6.07) is 1.41. The third-order valence-corrected chi connectivity index (χ3v) is 1.97. The number of carbonyl (C=O) groups is 1. The summed E-state index contributed by atoms with van der Waals surface area (Å²) in [4.78, 5) is 14.4. The predicted molar refractivity (Wildman–Crippen MR) is 49.8 cm³/mol. The van der Waals surface area contributed by atoms with E-state index in [0.29, 0.717) is 5.56 Å². The Bertz CT molecular complexity index is 350. The number of pyridine rings is 1. The Morgan fingerprint density at radius 1 is 1.64 bits per heavy atom. The molecule has 4 N–H and O–H groups in total. The molecule has 5 nitrogen and oxygen atoms in total. The molecule has 1 aromatic heterocycles. The van der Waals surface area contributed by atoms with Gasteiger partial charge in [0.15, 0.2) is 0 Å². The van der Waals surface area contributed by atoms with E-state index >= 15 is 0 Å². The Morgan fingerprint density at radius 3 is 2.79 bits per heavy atom. The van der Waals surface area contributed by atoms with Gasteiger partial charge in [-0.15, -0.1) is 0 Å². The van der Waals surface area contributed by atoms with Gasteiger partial charge in [-0.1, -0.05) is 0 Å². The average Bonchev–Trinajstić information content (AvgIpc) is 2.18. The number of aromatic carboxylic acids is 1. The summed E-state index contributed by atoms with van der Waals surface area (Å²) in [6.45, 7) is 1.34. The summed E-state index contributed by atoms with van der Waals surface area (Å²) in [7, 11) is 0. The van der Waals surface area contributed by atoms with Crippen LogP contribution in [0.4, 0.5) is 0 Å². The van der Waals surface area contributed by atoms with Gasteiger partial charge in [0.2, 0.25) is 0 Å². The van der Waals surface area contributed by atoms with E-state index in [4.69, 9.17) is 15.9 Å². The van der Waals surface area contributed by atoms with Crippen molar-refractivity contribution in [1.29, 1.82) is 0 Å². The molecule has 1 atom stereocenters. The number of carboxylic acids is 1. The van der Waals surface area contributed by atoms with Crippen LogP contribution in [0.3, 0.4) is 0 Å². The number of carboxylic acid groups (broad SMARTS) is 1. The van der Waals surface area contributed by atoms with E-state index in [1.54, 1.807) is 6.92 Å². The highest BCUT2D eigenvalue weighted by Gasteiger charge is 2.21. The third kappa shape index (κ3) is 2.07. The van der Waals surface area contributed by atoms with E-state index in [1.807, 2.05) is 0 Å². The zero-order chi connectivity index (χ0) is 10.8. The van der Waals surface area contributed by atoms with Crippen molar-refractivity contribution >= 4 is 5.97 Å². The van der Waals surface area contributed by atoms with Crippen LogP contribution in [0.2, 0.25) is 0 Å². The highest BCUT2D eigenvalue weighted by molar-refractivity contribution is 5.87. The van der Waals surface area contributed by atoms with Gasteiger partial charge < -0.3 is 15.9 Å². The van der Waals surface area contributed by atoms with E-state index in [1.165, 1.54) is 18.5 Å². The van der Waals surface area contributed by atoms with Crippen molar-refractivity contribution in [2.24, 2.45) is 5.73 Å². The number of nitrogens with zero attached hydrogens (tertiary/aromatic N) is 1. The van der Waals surface area contributed by atoms with Gasteiger partial charge in [0.1, 0.15) is 0 Å². The van der Waals surface area contributed by atoms with Crippen LogP contribution in [0.5, 0.6) is 0 Å². The van der Waals surface area contributed by atoms with Crippen molar-refractivity contribution < 1.29 is 15.0 Å². The molecule has 0 fully saturated rings. The topological polar surface area (TPSA) is 96.4 Å². The minimum Gasteiger partial charge on any atom is -0.478 e. The van der Waals surface area contributed by atoms with Crippen molar-refractivity contribution in [2.75, 3.05) is 6.61 Å². The van der Waals surface area contributed by atoms with Gasteiger partial charge in [-0.3, -0.25) is 4.98 Å². The van der Waals surface area contributed by atoms with E-state index in [2.05, 4.69) is 4.98 Å². The first-order valence-electron chi connectivity index (χ1n) is 4.06. The number of aromatic nitrogens is 1. The molecular weight excluding hydrogens is 184 g/mol. The number of hydrogen-bond acceptors (Lipinski definition) is 4. The first-order valence-corrected chi connectivity index (χ1v) is 4.06. The van der Waals surface area contributed by atoms with Crippen LogP contribution >= 0.6 is 0 Å². The Hall–Kier alpha value is -1.46. The van der Waals surface area contributed by atoms with Crippen molar-refractivity contribution in [3.05, 3.63) is 29.6 Å². The molecule has 1 aromatic rings. The van der Waals surface area contributed by atoms with Crippen LogP contribution in [0.1, 0.15) is 22.8 Å². The van der Waals surface area contributed by atoms with Crippen molar-refractivity contribution in [2.45, 2.75) is 12.5 Å². The van der Waals surface area contributed by atoms with Crippen LogP contribution in [-0.2, 0) is 5.54 Å². The van der Waals surface area contributed by atoms with E-state index in [-0.39, 0.29) is 12.2 Å². The maximum absolute atomic E-state index is 10.6. The maximum atomic E-state index is 10.6. The molecule has 1 unspecified atom stereocenters. The van der Waals surface area contributed by atoms with Gasteiger partial charge in [-0.2, -0.15) is 0 Å². The summed E-state index contributed by atoms with van der Waals surface area (Å²) in [5, 5.41) is 17.7. The molecule has 5 heteroatoms. The molecule has 76 valence electrons. The Morgan fingerprint density at radius 2 is 2.29 bits per heavy atom. The molecule has 0 aliphatic heterocycles. The summed E-state index contributed by atoms with van der Waals surface area (Å²) < 4.78 is 0. The van der Waals surface area contributed by atoms with Crippen LogP contribution in [-0.4, -0.2) is 27.8 Å². The molecule has 14 heavy (non-hydrogen) atoms. The Kier molecular flexibility index (Phi) is 2.83. The normalized spacial score (nSPS) is 14.8. The lowest BCUT2D eigenvalue weighted by Crippen LogP contribution is -2.37. The summed E-state index contributed by atoms with van der Waals surface area (Å²) in [5.41, 5.74) is 5.33. The second-order valence-electron chi connectivity index (χ2n) is 3.34. The van der Waals surface area contributed by atoms with Gasteiger partial charge in [-0.25, -0.2) is 4.79 Å². The van der Waals surface area contributed by atoms with Crippen LogP contribution in [0.25, 0.3) is 0 Å². The van der Waals surface area contributed by atoms with E-state index in [9.17, 15) is 4.79 Å². The zero-order valence-electron chi connectivity index (χ0n) is 7.77. The Balaban J connectivity index is 3.12. The lowest BCUT2D eigenvalue weighted by Gasteiger charge is -2.21. The number of hydrogen-bond donors (Lipinski definition) is 3. The molecule has 1 rings (SSSR count). The standard InChI is InChI=1S/C9H12N2O3/c1-9(10,5-12)7-2-6(8(13)14)3-11-4-7/h2-4,12H,5,10H2,1H3,(H,13,14). The monoisotopic (exact) mass is 196 g/mol. The number of nitrogens with two attached hydrogens (primary N) is 1. The van der Waals surface area contributed by atoms with Gasteiger partial charge >= 0.3 is 5.97 Å². The molecule has 1 heterocycles. The summed E-state index contributed by atoms with van der Waals surface area (Å²) >= 11 is 0. The lowest BCUT2D eigenvalue weighted by atomic mass is 9.95. The summed E-state index contributed by atoms with van der Waals surface area (Å²) in [5.74, 6) is -1.06. The van der Waals surface area contributed by atoms with Gasteiger partial charge in [0.25, 0.3) is 0 Å². The van der Waals surface area contributed by atoms with E-state index < -0.39 is 11.5 Å². The smallest absolute Gasteiger partial charge is 0.337 e. The van der Waals surface area contributed by atoms with Crippen molar-refractivity contribution in [3.8, 4) is 0 Å². The fourth-order valence-electron chi connectivity index (χ4n) is 0.961. The molecule has 0 spiro atoms. The largest absolute Gasteiger partial charge is 0.478 e. The van der Waals surface area contributed by atoms with Crippen LogP contribution < -0.4 is 5.73 Å². The lowest BCUT2D eigenvalue weighted by molar-refractivity contribution is 0.0696. The van der Waals surface area contributed by atoms with Crippen LogP contribution in [0.15, 0.2) is 18.5 Å². The molecule has 0 bridgehead atoms. The first-order chi connectivity index (χ1) is 6.47. The fraction of sp³-hybridized carbons (Fsp3) is 0.333. The molecule has 0 saturated heterocycles. The average molecular weight is 196 g/mol. The predicted octanol–water partition coefficient (Wildman–Crippen LogP) is -0.0540. The zero-order valence-corrected chi connectivity index (χ0v) is 7.77. The molecule has 0 aliphatic carbocycles. The highest BCUT2D eigenvalue weighted by Crippen LogP contribution is 2.16. The third-order valence-electron chi connectivity index (χ3n) is 1.97. The molecule has 0 amide bonds. The van der Waals surface area contributed by atoms with Crippen LogP contribution in [0, 0.1) is 0 Å². The highest BCUT2D eigenvalue weighted by atomic mass is 16.4. The quantitative estimate of drug-likeness (QED) is 0.629. The second-order valence-corrected chi connectivity index (χ2v) is 3.34. The molecule has 0 aliphatic rings. The van der Waals surface area contributed by atoms with Crippen molar-refractivity contribution in [1.82, 2.24) is 4.98 Å². The second kappa shape index (κ2) is 3.73. The maximum Gasteiger partial charge on any atom is 0.337 e. The van der Waals surface area contributed by atoms with Gasteiger partial charge in [0, 0.05) is 12.4 Å². The number of aliphatic hydroxyl groups excluding tert-OH is 1. The number of aliphatic hydroxyl groups is 1. The number of rotatable bonds is 3. The Labute approximate surface area is 81.2 Å². The molecule has 0 saturated carbocycles. The van der Waals surface area contributed by atoms with Gasteiger partial charge in [-0.05, 0) is 18.6 Å². The molecule has 0 aromatic carbocycles. The minimum absolute atomic E-state index is 0.0626. The minimum atomic E-state index is -1.06. The fourth-order valence-corrected chi connectivity index (χ4v) is 0.961. The van der Waals surface area contributed by atoms with E-state index in [0.717, 1.165) is 0 Å². The SMILES string of the molecule is CC(N)(CO)c1cncc(C(=O)O)c1.